The van der Waals surface area contributed by atoms with E-state index in [1.807, 2.05) is 6.92 Å². The van der Waals surface area contributed by atoms with Crippen LogP contribution in [-0.2, 0) is 19.1 Å². The highest BCUT2D eigenvalue weighted by Gasteiger charge is 2.65. The van der Waals surface area contributed by atoms with Crippen molar-refractivity contribution in [1.29, 1.82) is 0 Å². The van der Waals surface area contributed by atoms with Crippen LogP contribution in [0.3, 0.4) is 0 Å². The predicted octanol–water partition coefficient (Wildman–Crippen LogP) is 2.38. The second-order valence-electron chi connectivity index (χ2n) is 5.49. The fourth-order valence-electron chi connectivity index (χ4n) is 3.24. The summed E-state index contributed by atoms with van der Waals surface area (Å²) >= 11 is 0. The number of allylic oxidation sites excluding steroid dienone is 2. The summed E-state index contributed by atoms with van der Waals surface area (Å²) < 4.78 is 23.5. The number of fused-ring (bicyclic) bond motifs is 1. The van der Waals surface area contributed by atoms with Gasteiger partial charge in [-0.2, -0.15) is 0 Å². The first-order valence-corrected chi connectivity index (χ1v) is 6.62. The molecule has 0 bridgehead atoms. The van der Waals surface area contributed by atoms with E-state index in [2.05, 4.69) is 0 Å². The van der Waals surface area contributed by atoms with Crippen LogP contribution in [0.5, 0.6) is 0 Å². The van der Waals surface area contributed by atoms with Gasteiger partial charge in [-0.15, -0.1) is 0 Å². The third kappa shape index (κ3) is 1.95. The summed E-state index contributed by atoms with van der Waals surface area (Å²) in [5.41, 5.74) is -1.79. The Morgan fingerprint density at radius 1 is 1.32 bits per heavy atom. The smallest absolute Gasteiger partial charge is 0.323 e. The van der Waals surface area contributed by atoms with E-state index >= 15 is 0 Å². The molecule has 19 heavy (non-hydrogen) atoms. The van der Waals surface area contributed by atoms with Crippen LogP contribution in [0.15, 0.2) is 11.9 Å². The lowest BCUT2D eigenvalue weighted by molar-refractivity contribution is -0.172. The molecule has 5 heteroatoms. The van der Waals surface area contributed by atoms with E-state index in [-0.39, 0.29) is 37.8 Å². The van der Waals surface area contributed by atoms with Crippen molar-refractivity contribution >= 4 is 11.9 Å². The number of rotatable bonds is 4. The number of hydrogen-bond donors (Lipinski definition) is 0. The predicted molar refractivity (Wildman–Crippen MR) is 65.7 cm³/mol. The van der Waals surface area contributed by atoms with Crippen molar-refractivity contribution in [3.05, 3.63) is 11.9 Å². The maximum Gasteiger partial charge on any atom is 0.323 e. The minimum Gasteiger partial charge on any atom is -0.465 e. The lowest BCUT2D eigenvalue weighted by atomic mass is 9.70. The molecule has 0 aliphatic heterocycles. The fraction of sp³-hybridized carbons (Fsp3) is 0.714. The summed E-state index contributed by atoms with van der Waals surface area (Å²) in [6, 6.07) is 0. The summed E-state index contributed by atoms with van der Waals surface area (Å²) in [7, 11) is 0. The number of hydrogen-bond acceptors (Lipinski definition) is 4. The van der Waals surface area contributed by atoms with E-state index in [0.717, 1.165) is 0 Å². The topological polar surface area (TPSA) is 52.6 Å². The second kappa shape index (κ2) is 4.62. The minimum absolute atomic E-state index is 0.142. The summed E-state index contributed by atoms with van der Waals surface area (Å²) in [5, 5.41) is 0. The van der Waals surface area contributed by atoms with Gasteiger partial charge in [-0.25, -0.2) is 4.39 Å². The number of ether oxygens (including phenoxy) is 2. The molecule has 0 radical (unpaired) electrons. The van der Waals surface area contributed by atoms with Crippen molar-refractivity contribution < 1.29 is 23.5 Å². The molecule has 4 nitrogen and oxygen atoms in total. The number of halogens is 1. The maximum absolute atomic E-state index is 13.5. The third-order valence-electron chi connectivity index (χ3n) is 4.16. The molecule has 2 aliphatic carbocycles. The van der Waals surface area contributed by atoms with E-state index < -0.39 is 22.8 Å². The van der Waals surface area contributed by atoms with Gasteiger partial charge in [-0.1, -0.05) is 6.92 Å². The zero-order chi connectivity index (χ0) is 14.3. The van der Waals surface area contributed by atoms with Crippen LogP contribution in [0.1, 0.15) is 33.6 Å². The van der Waals surface area contributed by atoms with Crippen molar-refractivity contribution in [3.63, 3.8) is 0 Å². The first-order chi connectivity index (χ1) is 8.89. The number of esters is 2. The molecule has 2 atom stereocenters. The highest BCUT2D eigenvalue weighted by Crippen LogP contribution is 2.63. The van der Waals surface area contributed by atoms with Crippen LogP contribution in [-0.4, -0.2) is 25.2 Å². The molecule has 2 aliphatic rings. The Morgan fingerprint density at radius 2 is 1.84 bits per heavy atom. The van der Waals surface area contributed by atoms with Crippen LogP contribution in [0.4, 0.5) is 4.39 Å². The molecular weight excluding hydrogens is 251 g/mol. The van der Waals surface area contributed by atoms with Gasteiger partial charge in [0.05, 0.1) is 13.2 Å². The van der Waals surface area contributed by atoms with Crippen molar-refractivity contribution in [2.75, 3.05) is 13.2 Å². The van der Waals surface area contributed by atoms with Gasteiger partial charge in [0.2, 0.25) is 0 Å². The number of carbonyl (C=O) groups excluding carboxylic acids is 2. The van der Waals surface area contributed by atoms with Crippen LogP contribution < -0.4 is 0 Å². The Balaban J connectivity index is 2.29. The monoisotopic (exact) mass is 270 g/mol. The molecule has 1 fully saturated rings. The zero-order valence-electron chi connectivity index (χ0n) is 11.5. The van der Waals surface area contributed by atoms with E-state index in [0.29, 0.717) is 0 Å². The Kier molecular flexibility index (Phi) is 3.41. The van der Waals surface area contributed by atoms with Crippen molar-refractivity contribution in [1.82, 2.24) is 0 Å². The van der Waals surface area contributed by atoms with E-state index in [9.17, 15) is 14.0 Å². The van der Waals surface area contributed by atoms with Crippen molar-refractivity contribution in [2.45, 2.75) is 33.6 Å². The molecule has 2 unspecified atom stereocenters. The van der Waals surface area contributed by atoms with E-state index in [4.69, 9.17) is 9.47 Å². The average Bonchev–Trinajstić information content (AvgIpc) is 2.59. The van der Waals surface area contributed by atoms with Crippen LogP contribution in [0.25, 0.3) is 0 Å². The minimum atomic E-state index is -1.35. The molecule has 0 aromatic rings. The van der Waals surface area contributed by atoms with Gasteiger partial charge in [-0.05, 0) is 38.2 Å². The first-order valence-electron chi connectivity index (χ1n) is 6.62. The molecule has 0 saturated heterocycles. The normalized spacial score (nSPS) is 30.9. The molecule has 0 N–H and O–H groups in total. The highest BCUT2D eigenvalue weighted by molar-refractivity contribution is 6.01. The quantitative estimate of drug-likeness (QED) is 0.581. The summed E-state index contributed by atoms with van der Waals surface area (Å²) in [6.07, 6.45) is 1.90. The van der Waals surface area contributed by atoms with Gasteiger partial charge < -0.3 is 9.47 Å². The molecular formula is C14H19FO4. The molecule has 0 spiro atoms. The molecule has 0 aromatic carbocycles. The van der Waals surface area contributed by atoms with Gasteiger partial charge in [-0.3, -0.25) is 9.59 Å². The van der Waals surface area contributed by atoms with Gasteiger partial charge in [0, 0.05) is 5.92 Å². The van der Waals surface area contributed by atoms with E-state index in [1.165, 1.54) is 6.08 Å². The Bertz CT molecular complexity index is 425. The lowest BCUT2D eigenvalue weighted by Crippen LogP contribution is -2.40. The Hall–Kier alpha value is -1.39. The van der Waals surface area contributed by atoms with Gasteiger partial charge >= 0.3 is 11.9 Å². The summed E-state index contributed by atoms with van der Waals surface area (Å²) in [5.74, 6) is -1.80. The zero-order valence-corrected chi connectivity index (χ0v) is 11.5. The molecule has 106 valence electrons. The highest BCUT2D eigenvalue weighted by atomic mass is 19.1. The van der Waals surface area contributed by atoms with Gasteiger partial charge in [0.15, 0.2) is 5.41 Å². The first kappa shape index (κ1) is 14.0. The largest absolute Gasteiger partial charge is 0.465 e. The Labute approximate surface area is 111 Å². The lowest BCUT2D eigenvalue weighted by Gasteiger charge is -2.35. The molecule has 2 rings (SSSR count). The Morgan fingerprint density at radius 3 is 2.21 bits per heavy atom. The average molecular weight is 270 g/mol. The van der Waals surface area contributed by atoms with Crippen LogP contribution in [0.2, 0.25) is 0 Å². The van der Waals surface area contributed by atoms with Crippen LogP contribution in [0, 0.1) is 16.7 Å². The molecule has 0 amide bonds. The summed E-state index contributed by atoms with van der Waals surface area (Å²) in [6.45, 7) is 5.61. The second-order valence-corrected chi connectivity index (χ2v) is 5.49. The molecule has 1 saturated carbocycles. The molecule has 0 heterocycles. The summed E-state index contributed by atoms with van der Waals surface area (Å²) in [4.78, 5) is 24.4. The maximum atomic E-state index is 13.5. The third-order valence-corrected chi connectivity index (χ3v) is 4.16. The van der Waals surface area contributed by atoms with Crippen molar-refractivity contribution in [2.24, 2.45) is 16.7 Å². The SMILES string of the molecule is CCOC(=O)C1(C(=O)OCC)CC2C(F)=CC2(C)C1. The fourth-order valence-corrected chi connectivity index (χ4v) is 3.24. The van der Waals surface area contributed by atoms with Crippen molar-refractivity contribution in [3.8, 4) is 0 Å². The molecule has 0 aromatic heterocycles. The van der Waals surface area contributed by atoms with E-state index in [1.54, 1.807) is 13.8 Å². The van der Waals surface area contributed by atoms with Gasteiger partial charge in [0.25, 0.3) is 0 Å². The standard InChI is InChI=1S/C14H19FO4/c1-4-18-11(16)14(12(17)19-5-2)6-9-10(15)7-13(9,3)8-14/h7,9H,4-6,8H2,1-3H3. The number of carbonyl (C=O) groups is 2. The van der Waals surface area contributed by atoms with Gasteiger partial charge in [0.1, 0.15) is 5.83 Å². The van der Waals surface area contributed by atoms with Crippen LogP contribution >= 0.6 is 0 Å².